The van der Waals surface area contributed by atoms with Crippen molar-refractivity contribution >= 4 is 28.4 Å². The molecule has 0 amide bonds. The molecule has 1 saturated carbocycles. The fourth-order valence-corrected chi connectivity index (χ4v) is 2.78. The lowest BCUT2D eigenvalue weighted by atomic mass is 10.1. The van der Waals surface area contributed by atoms with Crippen LogP contribution in [-0.2, 0) is 6.42 Å². The van der Waals surface area contributed by atoms with Crippen LogP contribution in [0, 0.1) is 15.4 Å². The van der Waals surface area contributed by atoms with Crippen LogP contribution < -0.4 is 5.32 Å². The number of hydrogen-bond acceptors (Lipinski definition) is 3. The molecule has 2 rings (SSSR count). The molecule has 2 atom stereocenters. The summed E-state index contributed by atoms with van der Waals surface area (Å²) in [5, 5.41) is 3.19. The van der Waals surface area contributed by atoms with Crippen molar-refractivity contribution in [3.8, 4) is 0 Å². The van der Waals surface area contributed by atoms with Crippen LogP contribution >= 0.6 is 22.6 Å². The average molecular weight is 345 g/mol. The first-order chi connectivity index (χ1) is 8.02. The number of hydrogen-bond donors (Lipinski definition) is 1. The molecule has 1 fully saturated rings. The average Bonchev–Trinajstić information content (AvgIpc) is 2.98. The molecule has 1 heterocycles. The summed E-state index contributed by atoms with van der Waals surface area (Å²) in [6.45, 7) is 6.74. The van der Waals surface area contributed by atoms with Gasteiger partial charge in [-0.3, -0.25) is 0 Å². The summed E-state index contributed by atoms with van der Waals surface area (Å²) in [7, 11) is 1.93. The molecule has 0 aromatic carbocycles. The largest absolute Gasteiger partial charge is 0.372 e. The number of anilines is 1. The molecule has 2 unspecified atom stereocenters. The molecule has 94 valence electrons. The molecule has 4 heteroatoms. The van der Waals surface area contributed by atoms with Crippen molar-refractivity contribution in [3.63, 3.8) is 0 Å². The van der Waals surface area contributed by atoms with Crippen LogP contribution in [-0.4, -0.2) is 17.0 Å². The molecule has 3 nitrogen and oxygen atoms in total. The standard InChI is InChI=1S/C13H20IN3/c1-7(2)5-10-11(14)13(15-4)17-12(16-10)9-6-8(9)3/h7-9H,5-6H2,1-4H3,(H,15,16,17). The minimum absolute atomic E-state index is 0.588. The highest BCUT2D eigenvalue weighted by molar-refractivity contribution is 14.1. The van der Waals surface area contributed by atoms with E-state index in [1.807, 2.05) is 7.05 Å². The maximum atomic E-state index is 4.77. The molecular formula is C13H20IN3. The molecular weight excluding hydrogens is 325 g/mol. The fraction of sp³-hybridized carbons (Fsp3) is 0.692. The third-order valence-electron chi connectivity index (χ3n) is 3.22. The van der Waals surface area contributed by atoms with Gasteiger partial charge in [-0.25, -0.2) is 9.97 Å². The lowest BCUT2D eigenvalue weighted by Crippen LogP contribution is -2.09. The van der Waals surface area contributed by atoms with E-state index in [-0.39, 0.29) is 0 Å². The third kappa shape index (κ3) is 2.89. The van der Waals surface area contributed by atoms with Crippen molar-refractivity contribution in [2.75, 3.05) is 12.4 Å². The second kappa shape index (κ2) is 5.08. The molecule has 1 aromatic rings. The molecule has 1 aromatic heterocycles. The number of nitrogens with zero attached hydrogens (tertiary/aromatic N) is 2. The highest BCUT2D eigenvalue weighted by Crippen LogP contribution is 2.46. The summed E-state index contributed by atoms with van der Waals surface area (Å²) >= 11 is 2.35. The Hall–Kier alpha value is -0.390. The van der Waals surface area contributed by atoms with Gasteiger partial charge in [0.15, 0.2) is 0 Å². The number of nitrogens with one attached hydrogen (secondary N) is 1. The van der Waals surface area contributed by atoms with Crippen LogP contribution in [0.25, 0.3) is 0 Å². The zero-order valence-electron chi connectivity index (χ0n) is 10.9. The quantitative estimate of drug-likeness (QED) is 0.850. The first kappa shape index (κ1) is 13.1. The minimum Gasteiger partial charge on any atom is -0.372 e. The lowest BCUT2D eigenvalue weighted by Gasteiger charge is -2.12. The Labute approximate surface area is 117 Å². The predicted octanol–water partition coefficient (Wildman–Crippen LogP) is 3.44. The van der Waals surface area contributed by atoms with E-state index in [2.05, 4.69) is 53.7 Å². The van der Waals surface area contributed by atoms with E-state index in [0.717, 1.165) is 24.0 Å². The summed E-state index contributed by atoms with van der Waals surface area (Å²) in [5.74, 6) is 4.01. The Morgan fingerprint density at radius 1 is 1.41 bits per heavy atom. The lowest BCUT2D eigenvalue weighted by molar-refractivity contribution is 0.627. The zero-order valence-corrected chi connectivity index (χ0v) is 13.1. The van der Waals surface area contributed by atoms with E-state index in [1.165, 1.54) is 15.7 Å². The first-order valence-electron chi connectivity index (χ1n) is 6.27. The number of rotatable bonds is 4. The van der Waals surface area contributed by atoms with E-state index >= 15 is 0 Å². The van der Waals surface area contributed by atoms with Crippen molar-refractivity contribution in [1.29, 1.82) is 0 Å². The molecule has 0 spiro atoms. The van der Waals surface area contributed by atoms with Crippen LogP contribution in [0.2, 0.25) is 0 Å². The summed E-state index contributed by atoms with van der Waals surface area (Å²) in [6, 6.07) is 0. The van der Waals surface area contributed by atoms with Gasteiger partial charge in [0.05, 0.1) is 9.26 Å². The normalized spacial score (nSPS) is 22.9. The predicted molar refractivity (Wildman–Crippen MR) is 79.4 cm³/mol. The van der Waals surface area contributed by atoms with E-state index in [4.69, 9.17) is 4.98 Å². The molecule has 1 aliphatic rings. The van der Waals surface area contributed by atoms with E-state index in [0.29, 0.717) is 11.8 Å². The topological polar surface area (TPSA) is 37.8 Å². The highest BCUT2D eigenvalue weighted by atomic mass is 127. The fourth-order valence-electron chi connectivity index (χ4n) is 2.05. The van der Waals surface area contributed by atoms with Gasteiger partial charge in [0.1, 0.15) is 11.6 Å². The minimum atomic E-state index is 0.588. The van der Waals surface area contributed by atoms with Gasteiger partial charge in [0.25, 0.3) is 0 Å². The Morgan fingerprint density at radius 3 is 2.53 bits per heavy atom. The van der Waals surface area contributed by atoms with Gasteiger partial charge in [0.2, 0.25) is 0 Å². The van der Waals surface area contributed by atoms with Crippen LogP contribution in [0.3, 0.4) is 0 Å². The second-order valence-electron chi connectivity index (χ2n) is 5.36. The van der Waals surface area contributed by atoms with Crippen molar-refractivity contribution in [3.05, 3.63) is 15.1 Å². The monoisotopic (exact) mass is 345 g/mol. The van der Waals surface area contributed by atoms with E-state index in [9.17, 15) is 0 Å². The van der Waals surface area contributed by atoms with Crippen LogP contribution in [0.15, 0.2) is 0 Å². The molecule has 1 N–H and O–H groups in total. The number of halogens is 1. The summed E-state index contributed by atoms with van der Waals surface area (Å²) in [6.07, 6.45) is 2.27. The molecule has 0 bridgehead atoms. The van der Waals surface area contributed by atoms with Crippen molar-refractivity contribution < 1.29 is 0 Å². The van der Waals surface area contributed by atoms with E-state index in [1.54, 1.807) is 0 Å². The Balaban J connectivity index is 2.35. The summed E-state index contributed by atoms with van der Waals surface area (Å²) < 4.78 is 1.18. The number of aromatic nitrogens is 2. The van der Waals surface area contributed by atoms with Gasteiger partial charge < -0.3 is 5.32 Å². The molecule has 0 saturated heterocycles. The van der Waals surface area contributed by atoms with Crippen molar-refractivity contribution in [2.24, 2.45) is 11.8 Å². The first-order valence-corrected chi connectivity index (χ1v) is 7.34. The summed E-state index contributed by atoms with van der Waals surface area (Å²) in [4.78, 5) is 9.42. The maximum Gasteiger partial charge on any atom is 0.143 e. The van der Waals surface area contributed by atoms with Gasteiger partial charge in [-0.1, -0.05) is 20.8 Å². The van der Waals surface area contributed by atoms with E-state index < -0.39 is 0 Å². The van der Waals surface area contributed by atoms with Gasteiger partial charge in [-0.15, -0.1) is 0 Å². The molecule has 0 radical (unpaired) electrons. The Kier molecular flexibility index (Phi) is 3.90. The maximum absolute atomic E-state index is 4.77. The van der Waals surface area contributed by atoms with Crippen molar-refractivity contribution in [1.82, 2.24) is 9.97 Å². The summed E-state index contributed by atoms with van der Waals surface area (Å²) in [5.41, 5.74) is 1.20. The molecule has 17 heavy (non-hydrogen) atoms. The molecule has 1 aliphatic carbocycles. The SMILES string of the molecule is CNc1nc(C2CC2C)nc(CC(C)C)c1I. The molecule has 0 aliphatic heterocycles. The second-order valence-corrected chi connectivity index (χ2v) is 6.44. The third-order valence-corrected chi connectivity index (χ3v) is 4.35. The van der Waals surface area contributed by atoms with Crippen molar-refractivity contribution in [2.45, 2.75) is 39.5 Å². The van der Waals surface area contributed by atoms with Gasteiger partial charge >= 0.3 is 0 Å². The van der Waals surface area contributed by atoms with Gasteiger partial charge in [0, 0.05) is 13.0 Å². The van der Waals surface area contributed by atoms with Gasteiger partial charge in [-0.05, 0) is 47.3 Å². The van der Waals surface area contributed by atoms with Crippen LogP contribution in [0.1, 0.15) is 44.6 Å². The van der Waals surface area contributed by atoms with Crippen LogP contribution in [0.4, 0.5) is 5.82 Å². The Morgan fingerprint density at radius 2 is 2.06 bits per heavy atom. The Bertz CT molecular complexity index is 417. The zero-order chi connectivity index (χ0) is 12.6. The van der Waals surface area contributed by atoms with Gasteiger partial charge in [-0.2, -0.15) is 0 Å². The van der Waals surface area contributed by atoms with Crippen LogP contribution in [0.5, 0.6) is 0 Å². The smallest absolute Gasteiger partial charge is 0.143 e. The highest BCUT2D eigenvalue weighted by Gasteiger charge is 2.37.